The van der Waals surface area contributed by atoms with Crippen molar-refractivity contribution in [3.63, 3.8) is 0 Å². The molecular formula is C13H20N4O3S3. The standard InChI is InChI=1S/C13H20N4O3S3/c1-2-17(10-5-6-23(19,20)8-10)11(18)7-21-13-16-15-12(22-13)14-9-3-4-9/h9-10H,2-8H2,1H3,(H,14,15). The summed E-state index contributed by atoms with van der Waals surface area (Å²) >= 11 is 2.82. The Morgan fingerprint density at radius 3 is 2.78 bits per heavy atom. The summed E-state index contributed by atoms with van der Waals surface area (Å²) in [7, 11) is -2.98. The van der Waals surface area contributed by atoms with Crippen molar-refractivity contribution >= 4 is 44.0 Å². The largest absolute Gasteiger partial charge is 0.357 e. The van der Waals surface area contributed by atoms with Crippen LogP contribution in [-0.2, 0) is 14.6 Å². The normalized spacial score (nSPS) is 22.9. The van der Waals surface area contributed by atoms with Crippen LogP contribution < -0.4 is 5.32 Å². The van der Waals surface area contributed by atoms with Gasteiger partial charge in [-0.25, -0.2) is 8.42 Å². The lowest BCUT2D eigenvalue weighted by Gasteiger charge is -2.26. The third-order valence-corrected chi connectivity index (χ3v) is 7.66. The van der Waals surface area contributed by atoms with Crippen LogP contribution in [0.2, 0.25) is 0 Å². The van der Waals surface area contributed by atoms with Gasteiger partial charge in [0.2, 0.25) is 11.0 Å². The quantitative estimate of drug-likeness (QED) is 0.716. The van der Waals surface area contributed by atoms with Crippen LogP contribution in [0.3, 0.4) is 0 Å². The Balaban J connectivity index is 1.51. The number of nitrogens with one attached hydrogen (secondary N) is 1. The molecule has 1 unspecified atom stereocenters. The van der Waals surface area contributed by atoms with Gasteiger partial charge in [0.1, 0.15) is 0 Å². The highest BCUT2D eigenvalue weighted by atomic mass is 32.2. The lowest BCUT2D eigenvalue weighted by molar-refractivity contribution is -0.129. The molecule has 0 bridgehead atoms. The number of rotatable bonds is 7. The maximum atomic E-state index is 12.4. The Kier molecular flexibility index (Phi) is 5.12. The van der Waals surface area contributed by atoms with E-state index in [-0.39, 0.29) is 29.2 Å². The molecule has 128 valence electrons. The summed E-state index contributed by atoms with van der Waals surface area (Å²) in [5.41, 5.74) is 0. The number of hydrogen-bond acceptors (Lipinski definition) is 8. The van der Waals surface area contributed by atoms with Crippen LogP contribution >= 0.6 is 23.1 Å². The van der Waals surface area contributed by atoms with Crippen LogP contribution in [-0.4, -0.2) is 65.3 Å². The van der Waals surface area contributed by atoms with E-state index in [1.165, 1.54) is 35.9 Å². The average molecular weight is 377 g/mol. The second-order valence-corrected chi connectivity index (χ2v) is 10.2. The van der Waals surface area contributed by atoms with E-state index in [1.807, 2.05) is 6.92 Å². The van der Waals surface area contributed by atoms with Gasteiger partial charge in [0, 0.05) is 18.6 Å². The molecule has 23 heavy (non-hydrogen) atoms. The zero-order valence-electron chi connectivity index (χ0n) is 12.9. The Labute approximate surface area is 144 Å². The van der Waals surface area contributed by atoms with Gasteiger partial charge in [-0.05, 0) is 26.2 Å². The highest BCUT2D eigenvalue weighted by Gasteiger charge is 2.33. The number of thioether (sulfide) groups is 1. The Morgan fingerprint density at radius 2 is 2.17 bits per heavy atom. The van der Waals surface area contributed by atoms with E-state index in [0.29, 0.717) is 19.0 Å². The first-order valence-corrected chi connectivity index (χ1v) is 11.3. The fourth-order valence-corrected chi connectivity index (χ4v) is 6.04. The molecule has 10 heteroatoms. The van der Waals surface area contributed by atoms with Crippen molar-refractivity contribution in [2.75, 3.05) is 29.1 Å². The maximum Gasteiger partial charge on any atom is 0.233 e. The molecule has 0 spiro atoms. The minimum absolute atomic E-state index is 0.0356. The third kappa shape index (κ3) is 4.57. The van der Waals surface area contributed by atoms with E-state index >= 15 is 0 Å². The minimum atomic E-state index is -2.98. The van der Waals surface area contributed by atoms with Crippen LogP contribution in [0.5, 0.6) is 0 Å². The first-order chi connectivity index (χ1) is 11.0. The van der Waals surface area contributed by atoms with Crippen LogP contribution in [0, 0.1) is 0 Å². The molecular weight excluding hydrogens is 356 g/mol. The lowest BCUT2D eigenvalue weighted by Crippen LogP contribution is -2.41. The maximum absolute atomic E-state index is 12.4. The molecule has 1 saturated carbocycles. The van der Waals surface area contributed by atoms with Crippen molar-refractivity contribution in [1.82, 2.24) is 15.1 Å². The number of anilines is 1. The van der Waals surface area contributed by atoms with Crippen molar-refractivity contribution in [3.05, 3.63) is 0 Å². The first-order valence-electron chi connectivity index (χ1n) is 7.69. The van der Waals surface area contributed by atoms with E-state index in [9.17, 15) is 13.2 Å². The molecule has 1 saturated heterocycles. The molecule has 7 nitrogen and oxygen atoms in total. The molecule has 0 radical (unpaired) electrons. The molecule has 0 aromatic carbocycles. The summed E-state index contributed by atoms with van der Waals surface area (Å²) in [6, 6.07) is 0.349. The number of nitrogens with zero attached hydrogens (tertiary/aromatic N) is 3. The van der Waals surface area contributed by atoms with Crippen molar-refractivity contribution in [3.8, 4) is 0 Å². The smallest absolute Gasteiger partial charge is 0.233 e. The molecule has 2 heterocycles. The van der Waals surface area contributed by atoms with E-state index in [0.717, 1.165) is 9.47 Å². The van der Waals surface area contributed by atoms with Gasteiger partial charge in [-0.2, -0.15) is 0 Å². The molecule has 1 atom stereocenters. The van der Waals surface area contributed by atoms with Crippen LogP contribution in [0.4, 0.5) is 5.13 Å². The van der Waals surface area contributed by atoms with Gasteiger partial charge in [0.15, 0.2) is 14.2 Å². The lowest BCUT2D eigenvalue weighted by atomic mass is 10.2. The van der Waals surface area contributed by atoms with Gasteiger partial charge in [0.05, 0.1) is 17.3 Å². The summed E-state index contributed by atoms with van der Waals surface area (Å²) in [4.78, 5) is 14.1. The molecule has 2 aliphatic rings. The minimum Gasteiger partial charge on any atom is -0.357 e. The molecule has 1 aromatic rings. The van der Waals surface area contributed by atoms with Gasteiger partial charge >= 0.3 is 0 Å². The Hall–Kier alpha value is -0.870. The molecule has 1 aliphatic heterocycles. The van der Waals surface area contributed by atoms with Crippen molar-refractivity contribution in [2.45, 2.75) is 42.6 Å². The predicted molar refractivity (Wildman–Crippen MR) is 91.7 cm³/mol. The number of sulfone groups is 1. The summed E-state index contributed by atoms with van der Waals surface area (Å²) in [6.07, 6.45) is 2.90. The van der Waals surface area contributed by atoms with E-state index in [4.69, 9.17) is 0 Å². The summed E-state index contributed by atoms with van der Waals surface area (Å²) < 4.78 is 23.9. The van der Waals surface area contributed by atoms with E-state index in [1.54, 1.807) is 4.90 Å². The number of hydrogen-bond donors (Lipinski definition) is 1. The van der Waals surface area contributed by atoms with Crippen LogP contribution in [0.1, 0.15) is 26.2 Å². The first kappa shape index (κ1) is 17.0. The zero-order valence-corrected chi connectivity index (χ0v) is 15.3. The molecule has 1 aliphatic carbocycles. The fourth-order valence-electron chi connectivity index (χ4n) is 2.59. The Morgan fingerprint density at radius 1 is 1.39 bits per heavy atom. The number of amides is 1. The number of carbonyl (C=O) groups is 1. The molecule has 2 fully saturated rings. The van der Waals surface area contributed by atoms with Gasteiger partial charge in [0.25, 0.3) is 0 Å². The van der Waals surface area contributed by atoms with Crippen LogP contribution in [0.15, 0.2) is 4.34 Å². The summed E-state index contributed by atoms with van der Waals surface area (Å²) in [5, 5.41) is 12.2. The number of aromatic nitrogens is 2. The molecule has 1 N–H and O–H groups in total. The van der Waals surface area contributed by atoms with Gasteiger partial charge in [-0.1, -0.05) is 23.1 Å². The molecule has 1 aromatic heterocycles. The SMILES string of the molecule is CCN(C(=O)CSc1nnc(NC2CC2)s1)C1CCS(=O)(=O)C1. The second-order valence-electron chi connectivity index (χ2n) is 5.82. The predicted octanol–water partition coefficient (Wildman–Crippen LogP) is 1.24. The van der Waals surface area contributed by atoms with Gasteiger partial charge in [-0.3, -0.25) is 4.79 Å². The van der Waals surface area contributed by atoms with Gasteiger partial charge < -0.3 is 10.2 Å². The van der Waals surface area contributed by atoms with Crippen molar-refractivity contribution < 1.29 is 13.2 Å². The van der Waals surface area contributed by atoms with Crippen molar-refractivity contribution in [2.24, 2.45) is 0 Å². The monoisotopic (exact) mass is 376 g/mol. The van der Waals surface area contributed by atoms with Gasteiger partial charge in [-0.15, -0.1) is 10.2 Å². The van der Waals surface area contributed by atoms with E-state index < -0.39 is 9.84 Å². The van der Waals surface area contributed by atoms with E-state index in [2.05, 4.69) is 15.5 Å². The Bertz CT molecular complexity index is 672. The average Bonchev–Trinajstić information content (AvgIpc) is 3.07. The summed E-state index contributed by atoms with van der Waals surface area (Å²) in [5.74, 6) is 0.501. The highest BCUT2D eigenvalue weighted by Crippen LogP contribution is 2.30. The van der Waals surface area contributed by atoms with Crippen LogP contribution in [0.25, 0.3) is 0 Å². The topological polar surface area (TPSA) is 92.3 Å². The highest BCUT2D eigenvalue weighted by molar-refractivity contribution is 8.01. The number of carbonyl (C=O) groups excluding carboxylic acids is 1. The van der Waals surface area contributed by atoms with Crippen molar-refractivity contribution in [1.29, 1.82) is 0 Å². The molecule has 1 amide bonds. The molecule has 3 rings (SSSR count). The summed E-state index contributed by atoms with van der Waals surface area (Å²) in [6.45, 7) is 2.42. The second kappa shape index (κ2) is 6.94. The zero-order chi connectivity index (χ0) is 16.4. The fraction of sp³-hybridized carbons (Fsp3) is 0.769. The third-order valence-electron chi connectivity index (χ3n) is 3.94.